The molecule has 7 heteroatoms. The molecule has 0 aliphatic carbocycles. The highest BCUT2D eigenvalue weighted by Crippen LogP contribution is 2.22. The van der Waals surface area contributed by atoms with Gasteiger partial charge in [-0.05, 0) is 23.8 Å². The van der Waals surface area contributed by atoms with Crippen molar-refractivity contribution in [2.75, 3.05) is 0 Å². The molecule has 0 atom stereocenters. The van der Waals surface area contributed by atoms with Gasteiger partial charge < -0.3 is 4.42 Å². The fourth-order valence-corrected chi connectivity index (χ4v) is 2.79. The van der Waals surface area contributed by atoms with E-state index in [9.17, 15) is 8.42 Å². The summed E-state index contributed by atoms with van der Waals surface area (Å²) in [4.78, 5) is 0. The van der Waals surface area contributed by atoms with Crippen molar-refractivity contribution < 1.29 is 12.8 Å². The third-order valence-electron chi connectivity index (χ3n) is 2.92. The zero-order valence-corrected chi connectivity index (χ0v) is 11.8. The molecular formula is C14H13N3O3S. The Morgan fingerprint density at radius 3 is 2.62 bits per heavy atom. The molecule has 0 aliphatic rings. The zero-order chi connectivity index (χ0) is 14.7. The Bertz CT molecular complexity index is 808. The van der Waals surface area contributed by atoms with Gasteiger partial charge in [-0.25, -0.2) is 13.1 Å². The maximum absolute atomic E-state index is 12.2. The van der Waals surface area contributed by atoms with Crippen molar-refractivity contribution >= 4 is 10.0 Å². The summed E-state index contributed by atoms with van der Waals surface area (Å²) in [6.45, 7) is 0.212. The number of H-pyrrole nitrogens is 1. The zero-order valence-electron chi connectivity index (χ0n) is 11.0. The van der Waals surface area contributed by atoms with E-state index in [0.717, 1.165) is 5.56 Å². The molecule has 6 nitrogen and oxygen atoms in total. The lowest BCUT2D eigenvalue weighted by Gasteiger charge is -2.04. The highest BCUT2D eigenvalue weighted by molar-refractivity contribution is 7.89. The topological polar surface area (TPSA) is 88.0 Å². The maximum Gasteiger partial charge on any atom is 0.274 e. The number of hydrogen-bond acceptors (Lipinski definition) is 4. The molecule has 0 bridgehead atoms. The maximum atomic E-state index is 12.2. The summed E-state index contributed by atoms with van der Waals surface area (Å²) in [5, 5.41) is 6.39. The van der Waals surface area contributed by atoms with Gasteiger partial charge in [-0.1, -0.05) is 30.3 Å². The minimum absolute atomic E-state index is 0.122. The van der Waals surface area contributed by atoms with E-state index in [1.807, 2.05) is 30.3 Å². The molecule has 0 fully saturated rings. The van der Waals surface area contributed by atoms with Crippen molar-refractivity contribution in [1.29, 1.82) is 0 Å². The normalized spacial score (nSPS) is 11.6. The molecule has 1 aromatic carbocycles. The number of benzene rings is 1. The van der Waals surface area contributed by atoms with Crippen LogP contribution in [0.2, 0.25) is 0 Å². The molecule has 0 unspecified atom stereocenters. The lowest BCUT2D eigenvalue weighted by molar-refractivity contribution is 0.455. The number of nitrogens with zero attached hydrogens (tertiary/aromatic N) is 1. The van der Waals surface area contributed by atoms with Crippen LogP contribution in [0.4, 0.5) is 0 Å². The Balaban J connectivity index is 1.76. The number of furan rings is 1. The molecule has 0 saturated heterocycles. The molecule has 0 spiro atoms. The van der Waals surface area contributed by atoms with Gasteiger partial charge in [0.05, 0.1) is 0 Å². The van der Waals surface area contributed by atoms with E-state index < -0.39 is 10.0 Å². The summed E-state index contributed by atoms with van der Waals surface area (Å²) in [5.41, 5.74) is 1.50. The first-order valence-corrected chi connectivity index (χ1v) is 7.77. The predicted molar refractivity (Wildman–Crippen MR) is 76.8 cm³/mol. The lowest BCUT2D eigenvalue weighted by atomic mass is 10.2. The van der Waals surface area contributed by atoms with Gasteiger partial charge in [-0.2, -0.15) is 5.10 Å². The Morgan fingerprint density at radius 2 is 1.90 bits per heavy atom. The molecule has 2 heterocycles. The number of sulfonamides is 1. The second-order valence-electron chi connectivity index (χ2n) is 4.40. The van der Waals surface area contributed by atoms with Crippen LogP contribution in [0.25, 0.3) is 11.5 Å². The van der Waals surface area contributed by atoms with E-state index in [2.05, 4.69) is 14.9 Å². The molecular weight excluding hydrogens is 290 g/mol. The van der Waals surface area contributed by atoms with Crippen molar-refractivity contribution in [2.24, 2.45) is 0 Å². The Labute approximate surface area is 121 Å². The molecule has 3 rings (SSSR count). The molecule has 2 N–H and O–H groups in total. The van der Waals surface area contributed by atoms with E-state index >= 15 is 0 Å². The molecule has 0 saturated carbocycles. The first-order valence-electron chi connectivity index (χ1n) is 6.28. The van der Waals surface area contributed by atoms with Gasteiger partial charge in [0, 0.05) is 12.7 Å². The molecule has 0 radical (unpaired) electrons. The van der Waals surface area contributed by atoms with Crippen LogP contribution in [0.5, 0.6) is 0 Å². The molecule has 0 aliphatic heterocycles. The highest BCUT2D eigenvalue weighted by atomic mass is 32.2. The van der Waals surface area contributed by atoms with E-state index in [-0.39, 0.29) is 11.6 Å². The molecule has 108 valence electrons. The van der Waals surface area contributed by atoms with Crippen LogP contribution < -0.4 is 4.72 Å². The van der Waals surface area contributed by atoms with Crippen LogP contribution in [-0.2, 0) is 16.6 Å². The van der Waals surface area contributed by atoms with Crippen molar-refractivity contribution in [2.45, 2.75) is 11.6 Å². The minimum atomic E-state index is -3.68. The third-order valence-corrected chi connectivity index (χ3v) is 4.20. The summed E-state index contributed by atoms with van der Waals surface area (Å²) < 4.78 is 32.2. The van der Waals surface area contributed by atoms with Gasteiger partial charge in [0.15, 0.2) is 5.76 Å². The van der Waals surface area contributed by atoms with Crippen LogP contribution in [0.3, 0.4) is 0 Å². The smallest absolute Gasteiger partial charge is 0.274 e. The largest absolute Gasteiger partial charge is 0.442 e. The Hall–Kier alpha value is -2.38. The minimum Gasteiger partial charge on any atom is -0.442 e. The van der Waals surface area contributed by atoms with Gasteiger partial charge in [0.2, 0.25) is 5.09 Å². The summed E-state index contributed by atoms with van der Waals surface area (Å²) >= 11 is 0. The highest BCUT2D eigenvalue weighted by Gasteiger charge is 2.19. The van der Waals surface area contributed by atoms with E-state index in [0.29, 0.717) is 11.5 Å². The third kappa shape index (κ3) is 3.04. The van der Waals surface area contributed by atoms with Crippen LogP contribution in [-0.4, -0.2) is 18.6 Å². The number of rotatable bonds is 5. The van der Waals surface area contributed by atoms with Crippen molar-refractivity contribution in [3.63, 3.8) is 0 Å². The van der Waals surface area contributed by atoms with Gasteiger partial charge >= 0.3 is 0 Å². The first kappa shape index (κ1) is 13.6. The monoisotopic (exact) mass is 303 g/mol. The number of aromatic amines is 1. The Kier molecular flexibility index (Phi) is 3.59. The average molecular weight is 303 g/mol. The predicted octanol–water partition coefficient (Wildman–Crippen LogP) is 2.15. The van der Waals surface area contributed by atoms with E-state index in [1.54, 1.807) is 18.3 Å². The molecule has 3 aromatic rings. The number of hydrogen-bond donors (Lipinski definition) is 2. The van der Waals surface area contributed by atoms with Gasteiger partial charge in [-0.15, -0.1) is 0 Å². The van der Waals surface area contributed by atoms with E-state index in [4.69, 9.17) is 4.42 Å². The van der Waals surface area contributed by atoms with E-state index in [1.165, 1.54) is 6.07 Å². The molecule has 0 amide bonds. The molecule has 2 aromatic heterocycles. The average Bonchev–Trinajstić information content (AvgIpc) is 3.17. The second kappa shape index (κ2) is 5.55. The number of aromatic nitrogens is 2. The second-order valence-corrected chi connectivity index (χ2v) is 6.10. The standard InChI is InChI=1S/C14H13N3O3S/c18-21(19,16-10-11-4-2-1-3-5-11)14-7-6-13(20-14)12-8-9-15-17-12/h1-9,16H,10H2,(H,15,17). The fourth-order valence-electron chi connectivity index (χ4n) is 1.85. The van der Waals surface area contributed by atoms with Crippen LogP contribution >= 0.6 is 0 Å². The molecule has 21 heavy (non-hydrogen) atoms. The summed E-state index contributed by atoms with van der Waals surface area (Å²) in [6.07, 6.45) is 1.57. The number of nitrogens with one attached hydrogen (secondary N) is 2. The van der Waals surface area contributed by atoms with Gasteiger partial charge in [0.25, 0.3) is 10.0 Å². The van der Waals surface area contributed by atoms with Gasteiger partial charge in [0.1, 0.15) is 5.69 Å². The van der Waals surface area contributed by atoms with Gasteiger partial charge in [-0.3, -0.25) is 5.10 Å². The fraction of sp³-hybridized carbons (Fsp3) is 0.0714. The summed E-state index contributed by atoms with van der Waals surface area (Å²) in [6, 6.07) is 14.0. The SMILES string of the molecule is O=S(=O)(NCc1ccccc1)c1ccc(-c2ccn[nH]2)o1. The van der Waals surface area contributed by atoms with Crippen LogP contribution in [0, 0.1) is 0 Å². The summed E-state index contributed by atoms with van der Waals surface area (Å²) in [7, 11) is -3.68. The summed E-state index contributed by atoms with van der Waals surface area (Å²) in [5.74, 6) is 0.424. The van der Waals surface area contributed by atoms with Crippen molar-refractivity contribution in [3.8, 4) is 11.5 Å². The first-order chi connectivity index (χ1) is 10.1. The van der Waals surface area contributed by atoms with Crippen LogP contribution in [0.1, 0.15) is 5.56 Å². The van der Waals surface area contributed by atoms with Crippen molar-refractivity contribution in [3.05, 3.63) is 60.3 Å². The van der Waals surface area contributed by atoms with Crippen LogP contribution in [0.15, 0.2) is 64.2 Å². The van der Waals surface area contributed by atoms with Crippen molar-refractivity contribution in [1.82, 2.24) is 14.9 Å². The Morgan fingerprint density at radius 1 is 1.10 bits per heavy atom. The lowest BCUT2D eigenvalue weighted by Crippen LogP contribution is -2.22. The quantitative estimate of drug-likeness (QED) is 0.756.